The molecule has 7 heteroatoms. The van der Waals surface area contributed by atoms with Crippen molar-refractivity contribution >= 4 is 10.4 Å². The molecule has 7 heavy (non-hydrogen) atoms. The number of hydrogen-bond acceptors (Lipinski definition) is 4. The van der Waals surface area contributed by atoms with Gasteiger partial charge in [-0.3, -0.25) is 8.42 Å². The maximum absolute atomic E-state index is 8.52. The molecule has 0 amide bonds. The van der Waals surface area contributed by atoms with Gasteiger partial charge in [0, 0.05) is 26.9 Å². The van der Waals surface area contributed by atoms with Gasteiger partial charge in [0.1, 0.15) is 0 Å². The molecule has 0 saturated heterocycles. The fourth-order valence-corrected chi connectivity index (χ4v) is 0. The minimum absolute atomic E-state index is 0. The van der Waals surface area contributed by atoms with Gasteiger partial charge in [0.15, 0.2) is 0 Å². The minimum atomic E-state index is -5.17. The molecule has 0 spiro atoms. The zero-order valence-corrected chi connectivity index (χ0v) is 5.62. The molecular weight excluding hydrogens is 211 g/mol. The van der Waals surface area contributed by atoms with E-state index in [1.165, 1.54) is 0 Å². The normalized spacial score (nSPS) is 8.29. The molecule has 0 N–H and O–H groups in total. The van der Waals surface area contributed by atoms with E-state index >= 15 is 0 Å². The first-order chi connectivity index (χ1) is 2.00. The van der Waals surface area contributed by atoms with E-state index in [2.05, 4.69) is 0 Å². The Morgan fingerprint density at radius 1 is 1.14 bits per heavy atom. The van der Waals surface area contributed by atoms with E-state index in [4.69, 9.17) is 17.5 Å². The van der Waals surface area contributed by atoms with E-state index in [0.29, 0.717) is 0 Å². The second-order valence-corrected chi connectivity index (χ2v) is 1.22. The molecule has 0 fully saturated rings. The van der Waals surface area contributed by atoms with Crippen molar-refractivity contribution in [2.24, 2.45) is 0 Å². The van der Waals surface area contributed by atoms with Crippen molar-refractivity contribution in [1.82, 2.24) is 0 Å². The Bertz CT molecular complexity index is 94.9. The van der Waals surface area contributed by atoms with Gasteiger partial charge in [0.05, 0.1) is 0 Å². The summed E-state index contributed by atoms with van der Waals surface area (Å²) in [7, 11) is -5.17. The van der Waals surface area contributed by atoms with Crippen molar-refractivity contribution in [1.29, 1.82) is 0 Å². The van der Waals surface area contributed by atoms with E-state index < -0.39 is 10.4 Å². The molecule has 0 unspecified atom stereocenters. The molecule has 0 aromatic heterocycles. The Kier molecular flexibility index (Phi) is 11.3. The summed E-state index contributed by atoms with van der Waals surface area (Å²) in [5, 5.41) is 0. The van der Waals surface area contributed by atoms with Crippen LogP contribution >= 0.6 is 0 Å². The summed E-state index contributed by atoms with van der Waals surface area (Å²) in [6, 6.07) is 0. The van der Waals surface area contributed by atoms with Gasteiger partial charge in [-0.2, -0.15) is 0 Å². The molecule has 0 aliphatic rings. The SMILES string of the molecule is O=S(=O)([O-])[O-].[Fe+2].[Ni]. The molecule has 0 saturated carbocycles. The first-order valence-corrected chi connectivity index (χ1v) is 2.00. The van der Waals surface area contributed by atoms with Gasteiger partial charge in [-0.1, -0.05) is 0 Å². The van der Waals surface area contributed by atoms with Crippen LogP contribution in [0.1, 0.15) is 0 Å². The van der Waals surface area contributed by atoms with E-state index in [-0.39, 0.29) is 33.6 Å². The van der Waals surface area contributed by atoms with Crippen molar-refractivity contribution in [3.63, 3.8) is 0 Å². The maximum atomic E-state index is 8.52. The van der Waals surface area contributed by atoms with Gasteiger partial charge >= 0.3 is 17.1 Å². The Morgan fingerprint density at radius 3 is 1.14 bits per heavy atom. The van der Waals surface area contributed by atoms with Gasteiger partial charge in [0.25, 0.3) is 0 Å². The van der Waals surface area contributed by atoms with Crippen molar-refractivity contribution in [3.8, 4) is 0 Å². The van der Waals surface area contributed by atoms with Crippen LogP contribution in [-0.4, -0.2) is 17.5 Å². The summed E-state index contributed by atoms with van der Waals surface area (Å²) in [6.45, 7) is 0. The van der Waals surface area contributed by atoms with Crippen LogP contribution in [0.2, 0.25) is 0 Å². The van der Waals surface area contributed by atoms with Crippen molar-refractivity contribution in [2.75, 3.05) is 0 Å². The summed E-state index contributed by atoms with van der Waals surface area (Å²) < 4.78 is 34.1. The van der Waals surface area contributed by atoms with Crippen LogP contribution in [0, 0.1) is 0 Å². The Hall–Kier alpha value is 0.883. The molecule has 0 heterocycles. The standard InChI is InChI=1S/Fe.Ni.H2O4S/c;;1-5(2,3)4/h;;(H2,1,2,3,4)/q+2;;/p-2. The average molecular weight is 211 g/mol. The second kappa shape index (κ2) is 5.03. The van der Waals surface area contributed by atoms with Crippen LogP contribution < -0.4 is 0 Å². The second-order valence-electron chi connectivity index (χ2n) is 0.408. The Morgan fingerprint density at radius 2 is 1.14 bits per heavy atom. The summed E-state index contributed by atoms with van der Waals surface area (Å²) >= 11 is 0. The van der Waals surface area contributed by atoms with E-state index in [1.807, 2.05) is 0 Å². The predicted molar refractivity (Wildman–Crippen MR) is 10.5 cm³/mol. The molecule has 4 nitrogen and oxygen atoms in total. The quantitative estimate of drug-likeness (QED) is 0.282. The maximum Gasteiger partial charge on any atom is 2.00 e. The van der Waals surface area contributed by atoms with Crippen LogP contribution in [0.4, 0.5) is 0 Å². The van der Waals surface area contributed by atoms with Crippen LogP contribution in [0.3, 0.4) is 0 Å². The van der Waals surface area contributed by atoms with Crippen molar-refractivity contribution in [2.45, 2.75) is 0 Å². The van der Waals surface area contributed by atoms with E-state index in [9.17, 15) is 0 Å². The van der Waals surface area contributed by atoms with Crippen molar-refractivity contribution in [3.05, 3.63) is 0 Å². The first-order valence-electron chi connectivity index (χ1n) is 0.667. The fourth-order valence-electron chi connectivity index (χ4n) is 0. The van der Waals surface area contributed by atoms with Crippen LogP contribution in [0.15, 0.2) is 0 Å². The third-order valence-electron chi connectivity index (χ3n) is 0. The topological polar surface area (TPSA) is 80.3 Å². The van der Waals surface area contributed by atoms with E-state index in [1.54, 1.807) is 0 Å². The molecule has 0 aromatic carbocycles. The van der Waals surface area contributed by atoms with Crippen molar-refractivity contribution < 1.29 is 51.1 Å². The molecule has 48 valence electrons. The van der Waals surface area contributed by atoms with Crippen LogP contribution in [0.25, 0.3) is 0 Å². The molecule has 0 radical (unpaired) electrons. The molecule has 0 aromatic rings. The monoisotopic (exact) mass is 210 g/mol. The fraction of sp³-hybridized carbons (Fsp3) is 0. The molecule has 0 aliphatic carbocycles. The number of rotatable bonds is 0. The van der Waals surface area contributed by atoms with Gasteiger partial charge in [-0.25, -0.2) is 0 Å². The zero-order chi connectivity index (χ0) is 4.50. The summed E-state index contributed by atoms with van der Waals surface area (Å²) in [5.74, 6) is 0. The van der Waals surface area contributed by atoms with Gasteiger partial charge in [-0.15, -0.1) is 0 Å². The van der Waals surface area contributed by atoms with Gasteiger partial charge < -0.3 is 9.11 Å². The zero-order valence-electron chi connectivity index (χ0n) is 2.71. The smallest absolute Gasteiger partial charge is 0.759 e. The van der Waals surface area contributed by atoms with Crippen LogP contribution in [-0.2, 0) is 44.0 Å². The Balaban J connectivity index is -0.0000000800. The molecular formula is FeNiO4S. The van der Waals surface area contributed by atoms with Gasteiger partial charge in [-0.05, 0) is 0 Å². The number of hydrogen-bond donors (Lipinski definition) is 0. The summed E-state index contributed by atoms with van der Waals surface area (Å²) in [5.41, 5.74) is 0. The average Bonchev–Trinajstić information content (AvgIpc) is 0.722. The largest absolute Gasteiger partial charge is 2.00 e. The predicted octanol–water partition coefficient (Wildman–Crippen LogP) is -1.34. The first kappa shape index (κ1) is 15.7. The summed E-state index contributed by atoms with van der Waals surface area (Å²) in [4.78, 5) is 0. The molecule has 0 atom stereocenters. The third-order valence-corrected chi connectivity index (χ3v) is 0. The van der Waals surface area contributed by atoms with Crippen LogP contribution in [0.5, 0.6) is 0 Å². The molecule has 0 bridgehead atoms. The molecule has 0 aliphatic heterocycles. The summed E-state index contributed by atoms with van der Waals surface area (Å²) in [6.07, 6.45) is 0. The van der Waals surface area contributed by atoms with Gasteiger partial charge in [0.2, 0.25) is 0 Å². The molecule has 0 rings (SSSR count). The minimum Gasteiger partial charge on any atom is -0.759 e. The van der Waals surface area contributed by atoms with E-state index in [0.717, 1.165) is 0 Å². The third kappa shape index (κ3) is 210. The Labute approximate surface area is 61.6 Å².